The number of ether oxygens (including phenoxy) is 1. The average molecular weight is 360 g/mol. The lowest BCUT2D eigenvalue weighted by atomic mass is 9.94. The van der Waals surface area contributed by atoms with Gasteiger partial charge in [-0.15, -0.1) is 0 Å². The van der Waals surface area contributed by atoms with Crippen LogP contribution in [-0.2, 0) is 15.0 Å². The van der Waals surface area contributed by atoms with Gasteiger partial charge in [0.05, 0.1) is 25.2 Å². The van der Waals surface area contributed by atoms with Crippen molar-refractivity contribution in [2.24, 2.45) is 5.92 Å². The molecule has 1 aliphatic heterocycles. The highest BCUT2D eigenvalue weighted by atomic mass is 16.5. The number of benzene rings is 1. The van der Waals surface area contributed by atoms with E-state index in [1.54, 1.807) is 16.9 Å². The lowest BCUT2D eigenvalue weighted by Gasteiger charge is -2.26. The molecule has 2 fully saturated rings. The largest absolute Gasteiger partial charge is 0.497 e. The summed E-state index contributed by atoms with van der Waals surface area (Å²) in [6.07, 6.45) is 0.833. The number of methoxy groups -OCH3 is 1. The maximum absolute atomic E-state index is 13.2. The van der Waals surface area contributed by atoms with Gasteiger partial charge in [-0.2, -0.15) is 0 Å². The number of aliphatic hydroxyl groups excluding tert-OH is 1. The van der Waals surface area contributed by atoms with Crippen molar-refractivity contribution >= 4 is 11.8 Å². The Bertz CT molecular complexity index is 667. The van der Waals surface area contributed by atoms with Crippen LogP contribution in [0.5, 0.6) is 5.75 Å². The molecule has 0 aromatic heterocycles. The van der Waals surface area contributed by atoms with Crippen molar-refractivity contribution in [2.45, 2.75) is 38.2 Å². The zero-order valence-electron chi connectivity index (χ0n) is 15.8. The maximum Gasteiger partial charge on any atom is 0.242 e. The summed E-state index contributed by atoms with van der Waals surface area (Å²) in [5, 5.41) is 10.3. The molecule has 6 nitrogen and oxygen atoms in total. The first-order valence-electron chi connectivity index (χ1n) is 9.25. The van der Waals surface area contributed by atoms with E-state index in [-0.39, 0.29) is 31.4 Å². The number of β-amino-alcohol motifs (C(OH)–C–C–N with tert-alkyl or cyclic N) is 1. The van der Waals surface area contributed by atoms with Crippen molar-refractivity contribution in [3.05, 3.63) is 29.8 Å². The minimum atomic E-state index is -0.712. The third-order valence-corrected chi connectivity index (χ3v) is 5.22. The fourth-order valence-corrected chi connectivity index (χ4v) is 3.73. The zero-order chi connectivity index (χ0) is 18.9. The second-order valence-corrected chi connectivity index (χ2v) is 7.84. The van der Waals surface area contributed by atoms with Gasteiger partial charge in [0.2, 0.25) is 11.8 Å². The molecule has 1 aliphatic carbocycles. The first kappa shape index (κ1) is 18.7. The Balaban J connectivity index is 1.77. The van der Waals surface area contributed by atoms with Crippen LogP contribution in [0.15, 0.2) is 24.3 Å². The summed E-state index contributed by atoms with van der Waals surface area (Å²) in [7, 11) is 1.61. The van der Waals surface area contributed by atoms with Crippen LogP contribution in [0.2, 0.25) is 0 Å². The fourth-order valence-electron chi connectivity index (χ4n) is 3.73. The summed E-state index contributed by atoms with van der Waals surface area (Å²) in [6, 6.07) is 7.56. The lowest BCUT2D eigenvalue weighted by molar-refractivity contribution is -0.140. The minimum Gasteiger partial charge on any atom is -0.497 e. The van der Waals surface area contributed by atoms with E-state index in [4.69, 9.17) is 4.74 Å². The number of carbonyl (C=O) groups excluding carboxylic acids is 2. The van der Waals surface area contributed by atoms with Gasteiger partial charge in [-0.1, -0.05) is 26.0 Å². The van der Waals surface area contributed by atoms with Crippen molar-refractivity contribution in [3.8, 4) is 5.75 Å². The van der Waals surface area contributed by atoms with Gasteiger partial charge < -0.3 is 19.6 Å². The standard InChI is InChI=1S/C20H28N2O4/c1-14(2)10-21-11-16(23)12-22(13-18(21)24)19(25)20(8-9-20)15-4-6-17(26-3)7-5-15/h4-7,14,16,23H,8-13H2,1-3H3. The summed E-state index contributed by atoms with van der Waals surface area (Å²) in [6.45, 7) is 5.21. The molecule has 0 radical (unpaired) electrons. The molecule has 2 amide bonds. The summed E-state index contributed by atoms with van der Waals surface area (Å²) in [4.78, 5) is 29.0. The van der Waals surface area contributed by atoms with Gasteiger partial charge in [0, 0.05) is 19.6 Å². The highest BCUT2D eigenvalue weighted by Gasteiger charge is 2.53. The molecule has 0 spiro atoms. The molecule has 142 valence electrons. The highest BCUT2D eigenvalue weighted by Crippen LogP contribution is 2.50. The van der Waals surface area contributed by atoms with Gasteiger partial charge in [0.25, 0.3) is 0 Å². The molecule has 1 saturated carbocycles. The van der Waals surface area contributed by atoms with Crippen LogP contribution in [0.25, 0.3) is 0 Å². The Morgan fingerprint density at radius 1 is 1.27 bits per heavy atom. The van der Waals surface area contributed by atoms with Gasteiger partial charge in [-0.3, -0.25) is 9.59 Å². The number of amides is 2. The maximum atomic E-state index is 13.2. The van der Waals surface area contributed by atoms with E-state index in [9.17, 15) is 14.7 Å². The fraction of sp³-hybridized carbons (Fsp3) is 0.600. The molecule has 1 heterocycles. The SMILES string of the molecule is COc1ccc(C2(C(=O)N3CC(=O)N(CC(C)C)CC(O)C3)CC2)cc1. The number of carbonyl (C=O) groups is 2. The smallest absolute Gasteiger partial charge is 0.242 e. The Morgan fingerprint density at radius 3 is 2.46 bits per heavy atom. The molecule has 1 N–H and O–H groups in total. The second-order valence-electron chi connectivity index (χ2n) is 7.84. The molecule has 1 unspecified atom stereocenters. The Hall–Kier alpha value is -2.08. The van der Waals surface area contributed by atoms with E-state index < -0.39 is 11.5 Å². The number of hydrogen-bond acceptors (Lipinski definition) is 4. The number of rotatable bonds is 5. The normalized spacial score (nSPS) is 22.3. The van der Waals surface area contributed by atoms with E-state index >= 15 is 0 Å². The van der Waals surface area contributed by atoms with Crippen molar-refractivity contribution in [3.63, 3.8) is 0 Å². The monoisotopic (exact) mass is 360 g/mol. The van der Waals surface area contributed by atoms with E-state index in [1.165, 1.54) is 0 Å². The predicted octanol–water partition coefficient (Wildman–Crippen LogP) is 1.41. The number of hydrogen-bond donors (Lipinski definition) is 1. The topological polar surface area (TPSA) is 70.1 Å². The van der Waals surface area contributed by atoms with E-state index in [2.05, 4.69) is 0 Å². The molecule has 1 aromatic carbocycles. The van der Waals surface area contributed by atoms with E-state index in [0.29, 0.717) is 12.5 Å². The Kier molecular flexibility index (Phi) is 5.23. The van der Waals surface area contributed by atoms with Crippen molar-refractivity contribution in [2.75, 3.05) is 33.3 Å². The van der Waals surface area contributed by atoms with E-state index in [1.807, 2.05) is 38.1 Å². The summed E-state index contributed by atoms with van der Waals surface area (Å²) >= 11 is 0. The van der Waals surface area contributed by atoms with Gasteiger partial charge in [-0.25, -0.2) is 0 Å². The van der Waals surface area contributed by atoms with Gasteiger partial charge >= 0.3 is 0 Å². The summed E-state index contributed by atoms with van der Waals surface area (Å²) in [5.41, 5.74) is 0.396. The summed E-state index contributed by atoms with van der Waals surface area (Å²) < 4.78 is 5.19. The zero-order valence-corrected chi connectivity index (χ0v) is 15.8. The third-order valence-electron chi connectivity index (χ3n) is 5.22. The van der Waals surface area contributed by atoms with Gasteiger partial charge in [0.1, 0.15) is 5.75 Å². The van der Waals surface area contributed by atoms with Crippen molar-refractivity contribution < 1.29 is 19.4 Å². The van der Waals surface area contributed by atoms with Crippen LogP contribution in [0.3, 0.4) is 0 Å². The van der Waals surface area contributed by atoms with Crippen LogP contribution >= 0.6 is 0 Å². The molecule has 2 aliphatic rings. The molecule has 3 rings (SSSR count). The first-order valence-corrected chi connectivity index (χ1v) is 9.25. The molecular formula is C20H28N2O4. The average Bonchev–Trinajstić information content (AvgIpc) is 3.42. The van der Waals surface area contributed by atoms with Crippen LogP contribution in [-0.4, -0.2) is 66.1 Å². The van der Waals surface area contributed by atoms with E-state index in [0.717, 1.165) is 24.2 Å². The Morgan fingerprint density at radius 2 is 1.92 bits per heavy atom. The first-order chi connectivity index (χ1) is 12.4. The second kappa shape index (κ2) is 7.27. The quantitative estimate of drug-likeness (QED) is 0.862. The van der Waals surface area contributed by atoms with Crippen LogP contribution < -0.4 is 4.74 Å². The van der Waals surface area contributed by atoms with Crippen molar-refractivity contribution in [1.82, 2.24) is 9.80 Å². The summed E-state index contributed by atoms with van der Waals surface area (Å²) in [5.74, 6) is 0.930. The van der Waals surface area contributed by atoms with Crippen LogP contribution in [0.1, 0.15) is 32.3 Å². The Labute approximate surface area is 154 Å². The third kappa shape index (κ3) is 3.70. The highest BCUT2D eigenvalue weighted by molar-refractivity contribution is 5.94. The van der Waals surface area contributed by atoms with Crippen LogP contribution in [0, 0.1) is 5.92 Å². The molecule has 1 aromatic rings. The molecule has 6 heteroatoms. The van der Waals surface area contributed by atoms with Gasteiger partial charge in [-0.05, 0) is 36.5 Å². The lowest BCUT2D eigenvalue weighted by Crippen LogP contribution is -2.44. The van der Waals surface area contributed by atoms with Crippen LogP contribution in [0.4, 0.5) is 0 Å². The molecule has 1 atom stereocenters. The van der Waals surface area contributed by atoms with Crippen molar-refractivity contribution in [1.29, 1.82) is 0 Å². The number of aliphatic hydroxyl groups is 1. The number of nitrogens with zero attached hydrogens (tertiary/aromatic N) is 2. The van der Waals surface area contributed by atoms with Gasteiger partial charge in [0.15, 0.2) is 0 Å². The molecule has 26 heavy (non-hydrogen) atoms. The molecular weight excluding hydrogens is 332 g/mol. The predicted molar refractivity (Wildman–Crippen MR) is 97.9 cm³/mol. The molecule has 1 saturated heterocycles. The molecule has 0 bridgehead atoms. The minimum absolute atomic E-state index is 0.0422.